The van der Waals surface area contributed by atoms with Crippen LogP contribution in [0.4, 0.5) is 0 Å². The Bertz CT molecular complexity index is 771. The molecule has 0 fully saturated rings. The summed E-state index contributed by atoms with van der Waals surface area (Å²) >= 11 is 12.5. The zero-order valence-corrected chi connectivity index (χ0v) is 17.4. The van der Waals surface area contributed by atoms with Crippen molar-refractivity contribution < 1.29 is 23.9 Å². The van der Waals surface area contributed by atoms with E-state index in [0.717, 1.165) is 0 Å². The van der Waals surface area contributed by atoms with Gasteiger partial charge < -0.3 is 14.8 Å². The molecule has 0 bridgehead atoms. The van der Waals surface area contributed by atoms with Gasteiger partial charge in [-0.1, -0.05) is 29.3 Å². The number of esters is 2. The zero-order valence-electron chi connectivity index (χ0n) is 15.9. The molecule has 1 rings (SSSR count). The fourth-order valence-corrected chi connectivity index (χ4v) is 3.12. The summed E-state index contributed by atoms with van der Waals surface area (Å²) in [6.07, 6.45) is 0.186. The van der Waals surface area contributed by atoms with Crippen molar-refractivity contribution in [1.29, 1.82) is 5.26 Å². The first-order valence-corrected chi connectivity index (χ1v) is 9.44. The second kappa shape index (κ2) is 10.9. The molecular formula is C19H22Cl2N2O5. The number of nitriles is 1. The predicted molar refractivity (Wildman–Crippen MR) is 104 cm³/mol. The van der Waals surface area contributed by atoms with Gasteiger partial charge in [-0.3, -0.25) is 4.79 Å². The van der Waals surface area contributed by atoms with Crippen LogP contribution in [0.15, 0.2) is 12.1 Å². The fraction of sp³-hybridized carbons (Fsp3) is 0.474. The van der Waals surface area contributed by atoms with Crippen LogP contribution in [0.3, 0.4) is 0 Å². The van der Waals surface area contributed by atoms with E-state index in [1.807, 2.05) is 6.07 Å². The number of benzene rings is 1. The average molecular weight is 429 g/mol. The summed E-state index contributed by atoms with van der Waals surface area (Å²) in [5, 5.41) is 11.6. The van der Waals surface area contributed by atoms with E-state index < -0.39 is 23.4 Å². The van der Waals surface area contributed by atoms with Crippen molar-refractivity contribution in [3.63, 3.8) is 0 Å². The molecule has 0 aliphatic carbocycles. The highest BCUT2D eigenvalue weighted by molar-refractivity contribution is 6.42. The van der Waals surface area contributed by atoms with Gasteiger partial charge in [-0.05, 0) is 37.5 Å². The fourth-order valence-electron chi connectivity index (χ4n) is 2.70. The number of nitrogens with zero attached hydrogens (tertiary/aromatic N) is 1. The molecule has 7 nitrogen and oxygen atoms in total. The van der Waals surface area contributed by atoms with E-state index in [4.69, 9.17) is 37.9 Å². The Balaban J connectivity index is 3.61. The molecule has 152 valence electrons. The first-order chi connectivity index (χ1) is 13.2. The summed E-state index contributed by atoms with van der Waals surface area (Å²) in [5.41, 5.74) is -1.15. The molecule has 0 unspecified atom stereocenters. The van der Waals surface area contributed by atoms with Gasteiger partial charge in [0.05, 0.1) is 29.3 Å². The van der Waals surface area contributed by atoms with Crippen LogP contribution in [0.2, 0.25) is 10.0 Å². The van der Waals surface area contributed by atoms with E-state index in [1.54, 1.807) is 26.0 Å². The summed E-state index contributed by atoms with van der Waals surface area (Å²) < 4.78 is 10.1. The van der Waals surface area contributed by atoms with Crippen molar-refractivity contribution in [3.8, 4) is 6.07 Å². The van der Waals surface area contributed by atoms with E-state index in [-0.39, 0.29) is 36.1 Å². The largest absolute Gasteiger partial charge is 0.464 e. The minimum atomic E-state index is -2.13. The van der Waals surface area contributed by atoms with Gasteiger partial charge in [0.2, 0.25) is 11.4 Å². The van der Waals surface area contributed by atoms with Gasteiger partial charge >= 0.3 is 11.9 Å². The number of hydrogen-bond acceptors (Lipinski definition) is 6. The van der Waals surface area contributed by atoms with Crippen LogP contribution < -0.4 is 5.32 Å². The van der Waals surface area contributed by atoms with Crippen molar-refractivity contribution in [1.82, 2.24) is 5.32 Å². The Kier molecular flexibility index (Phi) is 9.23. The average Bonchev–Trinajstić information content (AvgIpc) is 2.64. The smallest absolute Gasteiger partial charge is 0.344 e. The highest BCUT2D eigenvalue weighted by atomic mass is 35.5. The van der Waals surface area contributed by atoms with Crippen molar-refractivity contribution in [3.05, 3.63) is 33.3 Å². The predicted octanol–water partition coefficient (Wildman–Crippen LogP) is 2.99. The van der Waals surface area contributed by atoms with Crippen LogP contribution in [0.5, 0.6) is 0 Å². The van der Waals surface area contributed by atoms with E-state index in [9.17, 15) is 14.4 Å². The topological polar surface area (TPSA) is 105 Å². The standard InChI is InChI=1S/C19H22Cl2N2O5/c1-4-27-17(25)19(23-12(3)24,18(26)28-5-2)11-14-13(7-6-10-22)8-9-15(20)16(14)21/h8-9H,4-7,11H2,1-3H3,(H,23,24). The van der Waals surface area contributed by atoms with Gasteiger partial charge in [0.1, 0.15) is 0 Å². The van der Waals surface area contributed by atoms with Crippen LogP contribution >= 0.6 is 23.2 Å². The normalized spacial score (nSPS) is 10.7. The lowest BCUT2D eigenvalue weighted by molar-refractivity contribution is -0.168. The molecule has 0 heterocycles. The molecule has 1 amide bonds. The molecule has 1 N–H and O–H groups in total. The zero-order chi connectivity index (χ0) is 21.3. The van der Waals surface area contributed by atoms with E-state index in [1.165, 1.54) is 6.92 Å². The molecule has 0 saturated carbocycles. The SMILES string of the molecule is CCOC(=O)C(Cc1c(CCC#N)ccc(Cl)c1Cl)(NC(C)=O)C(=O)OCC. The number of ether oxygens (including phenoxy) is 2. The molecule has 0 aliphatic heterocycles. The number of carbonyl (C=O) groups is 3. The maximum absolute atomic E-state index is 12.8. The number of halogens is 2. The molecule has 9 heteroatoms. The minimum Gasteiger partial charge on any atom is -0.464 e. The van der Waals surface area contributed by atoms with Crippen LogP contribution in [0.1, 0.15) is 38.3 Å². The lowest BCUT2D eigenvalue weighted by Gasteiger charge is -2.31. The van der Waals surface area contributed by atoms with Crippen LogP contribution in [-0.4, -0.2) is 36.6 Å². The second-order valence-corrected chi connectivity index (χ2v) is 6.65. The number of amides is 1. The monoisotopic (exact) mass is 428 g/mol. The molecule has 0 radical (unpaired) electrons. The third-order valence-electron chi connectivity index (χ3n) is 3.88. The molecule has 0 saturated heterocycles. The van der Waals surface area contributed by atoms with Gasteiger partial charge in [-0.25, -0.2) is 9.59 Å². The molecule has 28 heavy (non-hydrogen) atoms. The summed E-state index contributed by atoms with van der Waals surface area (Å²) in [4.78, 5) is 37.4. The first kappa shape index (κ1) is 23.7. The summed E-state index contributed by atoms with van der Waals surface area (Å²) in [5.74, 6) is -2.56. The maximum atomic E-state index is 12.8. The Morgan fingerprint density at radius 1 is 1.14 bits per heavy atom. The van der Waals surface area contributed by atoms with Crippen LogP contribution in [0.25, 0.3) is 0 Å². The van der Waals surface area contributed by atoms with Crippen molar-refractivity contribution >= 4 is 41.0 Å². The van der Waals surface area contributed by atoms with Crippen LogP contribution in [-0.2, 0) is 36.7 Å². The quantitative estimate of drug-likeness (QED) is 0.478. The highest BCUT2D eigenvalue weighted by Crippen LogP contribution is 2.33. The molecule has 0 aliphatic rings. The first-order valence-electron chi connectivity index (χ1n) is 8.69. The lowest BCUT2D eigenvalue weighted by atomic mass is 9.87. The van der Waals surface area contributed by atoms with E-state index in [2.05, 4.69) is 5.32 Å². The molecule has 1 aromatic carbocycles. The Hall–Kier alpha value is -2.30. The van der Waals surface area contributed by atoms with Gasteiger partial charge in [0, 0.05) is 19.8 Å². The van der Waals surface area contributed by atoms with Crippen LogP contribution in [0, 0.1) is 11.3 Å². The van der Waals surface area contributed by atoms with Gasteiger partial charge in [-0.15, -0.1) is 0 Å². The number of nitrogens with one attached hydrogen (secondary N) is 1. The Morgan fingerprint density at radius 2 is 1.71 bits per heavy atom. The van der Waals surface area contributed by atoms with E-state index in [0.29, 0.717) is 17.5 Å². The van der Waals surface area contributed by atoms with Crippen molar-refractivity contribution in [2.45, 2.75) is 45.6 Å². The Labute approximate surface area is 173 Å². The number of rotatable bonds is 9. The van der Waals surface area contributed by atoms with Crippen molar-refractivity contribution in [2.24, 2.45) is 0 Å². The lowest BCUT2D eigenvalue weighted by Crippen LogP contribution is -2.62. The van der Waals surface area contributed by atoms with Gasteiger partial charge in [0.15, 0.2) is 0 Å². The van der Waals surface area contributed by atoms with Crippen molar-refractivity contribution in [2.75, 3.05) is 13.2 Å². The van der Waals surface area contributed by atoms with Gasteiger partial charge in [-0.2, -0.15) is 5.26 Å². The summed E-state index contributed by atoms with van der Waals surface area (Å²) in [6.45, 7) is 4.30. The molecular weight excluding hydrogens is 407 g/mol. The molecule has 0 aromatic heterocycles. The second-order valence-electron chi connectivity index (χ2n) is 5.86. The number of hydrogen-bond donors (Lipinski definition) is 1. The number of aryl methyl sites for hydroxylation is 1. The Morgan fingerprint density at radius 3 is 2.18 bits per heavy atom. The molecule has 0 spiro atoms. The summed E-state index contributed by atoms with van der Waals surface area (Å²) in [7, 11) is 0. The summed E-state index contributed by atoms with van der Waals surface area (Å²) in [6, 6.07) is 5.26. The maximum Gasteiger partial charge on any atom is 0.344 e. The minimum absolute atomic E-state index is 0.00978. The highest BCUT2D eigenvalue weighted by Gasteiger charge is 2.50. The third-order valence-corrected chi connectivity index (χ3v) is 4.72. The number of carbonyl (C=O) groups excluding carboxylic acids is 3. The molecule has 0 atom stereocenters. The van der Waals surface area contributed by atoms with Gasteiger partial charge in [0.25, 0.3) is 0 Å². The van der Waals surface area contributed by atoms with E-state index >= 15 is 0 Å². The third kappa shape index (κ3) is 5.60. The molecule has 1 aromatic rings.